The fourth-order valence-electron chi connectivity index (χ4n) is 2.39. The maximum atomic E-state index is 12.5. The molecule has 0 heterocycles. The molecule has 0 saturated heterocycles. The van der Waals surface area contributed by atoms with Crippen molar-refractivity contribution in [3.05, 3.63) is 34.9 Å². The second-order valence-electron chi connectivity index (χ2n) is 8.32. The molecule has 6 heteroatoms. The van der Waals surface area contributed by atoms with Crippen LogP contribution in [0.4, 0.5) is 0 Å². The summed E-state index contributed by atoms with van der Waals surface area (Å²) in [6.07, 6.45) is 0.385. The van der Waals surface area contributed by atoms with Crippen LogP contribution in [0.2, 0.25) is 18.1 Å². The zero-order valence-corrected chi connectivity index (χ0v) is 18.4. The Morgan fingerprint density at radius 2 is 1.65 bits per heavy atom. The van der Waals surface area contributed by atoms with Crippen LogP contribution in [0.1, 0.15) is 48.7 Å². The van der Waals surface area contributed by atoms with E-state index in [1.165, 1.54) is 7.11 Å². The molecule has 1 rings (SSSR count). The third-order valence-electron chi connectivity index (χ3n) is 4.95. The van der Waals surface area contributed by atoms with Crippen LogP contribution < -0.4 is 5.32 Å². The van der Waals surface area contributed by atoms with Gasteiger partial charge in [0.05, 0.1) is 7.11 Å². The summed E-state index contributed by atoms with van der Waals surface area (Å²) in [5, 5.41) is 2.88. The number of carbonyl (C=O) groups excluding carboxylic acids is 2. The molecule has 146 valence electrons. The van der Waals surface area contributed by atoms with E-state index in [4.69, 9.17) is 9.16 Å². The molecular formula is C20H33NO4Si. The highest BCUT2D eigenvalue weighted by Gasteiger charge is 2.37. The molecule has 0 aromatic heterocycles. The number of methoxy groups -OCH3 is 1. The lowest BCUT2D eigenvalue weighted by atomic mass is 10.1. The Labute approximate surface area is 158 Å². The summed E-state index contributed by atoms with van der Waals surface area (Å²) in [5.74, 6) is -0.735. The van der Waals surface area contributed by atoms with Gasteiger partial charge in [0.15, 0.2) is 8.32 Å². The number of esters is 1. The van der Waals surface area contributed by atoms with Gasteiger partial charge in [-0.2, -0.15) is 0 Å². The van der Waals surface area contributed by atoms with Gasteiger partial charge in [0.25, 0.3) is 5.91 Å². The minimum Gasteiger partial charge on any atom is -0.467 e. The molecule has 0 bridgehead atoms. The van der Waals surface area contributed by atoms with Crippen molar-refractivity contribution in [3.8, 4) is 0 Å². The number of amides is 1. The van der Waals surface area contributed by atoms with Gasteiger partial charge in [-0.1, -0.05) is 38.0 Å². The Hall–Kier alpha value is -1.66. The number of aryl methyl sites for hydroxylation is 2. The Bertz CT molecular complexity index is 629. The number of hydrogen-bond acceptors (Lipinski definition) is 4. The van der Waals surface area contributed by atoms with E-state index in [9.17, 15) is 9.59 Å². The van der Waals surface area contributed by atoms with Gasteiger partial charge in [-0.25, -0.2) is 4.79 Å². The average Bonchev–Trinajstić information content (AvgIpc) is 2.50. The Morgan fingerprint density at radius 3 is 2.12 bits per heavy atom. The molecule has 1 atom stereocenters. The number of nitrogens with one attached hydrogen (secondary N) is 1. The number of ether oxygens (including phenoxy) is 1. The number of benzene rings is 1. The van der Waals surface area contributed by atoms with Crippen LogP contribution in [-0.4, -0.2) is 40.0 Å². The zero-order chi connectivity index (χ0) is 20.1. The van der Waals surface area contributed by atoms with Crippen molar-refractivity contribution in [2.75, 3.05) is 13.7 Å². The monoisotopic (exact) mass is 379 g/mol. The van der Waals surface area contributed by atoms with Gasteiger partial charge in [-0.3, -0.25) is 4.79 Å². The molecule has 1 N–H and O–H groups in total. The number of hydrogen-bond donors (Lipinski definition) is 1. The number of carbonyl (C=O) groups is 2. The Morgan fingerprint density at radius 1 is 1.12 bits per heavy atom. The van der Waals surface area contributed by atoms with E-state index in [-0.39, 0.29) is 10.9 Å². The second kappa shape index (κ2) is 8.82. The van der Waals surface area contributed by atoms with Crippen LogP contribution in [0, 0.1) is 13.8 Å². The van der Waals surface area contributed by atoms with E-state index >= 15 is 0 Å². The van der Waals surface area contributed by atoms with E-state index in [1.807, 2.05) is 32.0 Å². The largest absolute Gasteiger partial charge is 0.467 e. The van der Waals surface area contributed by atoms with Crippen molar-refractivity contribution >= 4 is 20.2 Å². The van der Waals surface area contributed by atoms with Crippen LogP contribution in [0.25, 0.3) is 0 Å². The molecule has 0 spiro atoms. The van der Waals surface area contributed by atoms with E-state index in [1.54, 1.807) is 0 Å². The summed E-state index contributed by atoms with van der Waals surface area (Å²) in [6, 6.07) is 4.89. The lowest BCUT2D eigenvalue weighted by Gasteiger charge is -2.36. The molecule has 1 aromatic rings. The van der Waals surface area contributed by atoms with Crippen LogP contribution in [0.15, 0.2) is 18.2 Å². The summed E-state index contributed by atoms with van der Waals surface area (Å²) in [7, 11) is -0.574. The van der Waals surface area contributed by atoms with Gasteiger partial charge >= 0.3 is 5.97 Å². The van der Waals surface area contributed by atoms with Gasteiger partial charge in [0.1, 0.15) is 6.04 Å². The van der Waals surface area contributed by atoms with Crippen LogP contribution in [-0.2, 0) is 14.0 Å². The predicted octanol–water partition coefficient (Wildman–Crippen LogP) is 3.99. The van der Waals surface area contributed by atoms with Crippen molar-refractivity contribution in [3.63, 3.8) is 0 Å². The molecule has 0 saturated carbocycles. The molecule has 0 aliphatic heterocycles. The third-order valence-corrected chi connectivity index (χ3v) is 9.49. The highest BCUT2D eigenvalue weighted by atomic mass is 28.4. The molecule has 1 amide bonds. The Balaban J connectivity index is 2.79. The van der Waals surface area contributed by atoms with Gasteiger partial charge in [-0.05, 0) is 44.1 Å². The van der Waals surface area contributed by atoms with E-state index in [0.717, 1.165) is 11.1 Å². The third kappa shape index (κ3) is 6.25. The van der Waals surface area contributed by atoms with Gasteiger partial charge in [0, 0.05) is 18.6 Å². The minimum atomic E-state index is -1.90. The highest BCUT2D eigenvalue weighted by molar-refractivity contribution is 6.74. The van der Waals surface area contributed by atoms with Gasteiger partial charge in [0.2, 0.25) is 0 Å². The second-order valence-corrected chi connectivity index (χ2v) is 13.1. The maximum absolute atomic E-state index is 12.5. The first-order chi connectivity index (χ1) is 11.9. The van der Waals surface area contributed by atoms with Crippen molar-refractivity contribution in [2.45, 2.75) is 65.2 Å². The van der Waals surface area contributed by atoms with E-state index in [0.29, 0.717) is 18.6 Å². The SMILES string of the molecule is COC(=O)[C@@H](CCO[Si](C)(C)C(C)(C)C)NC(=O)c1cc(C)cc(C)c1. The first kappa shape index (κ1) is 22.4. The topological polar surface area (TPSA) is 64.6 Å². The molecule has 0 aliphatic rings. The zero-order valence-electron chi connectivity index (χ0n) is 17.4. The normalized spacial score (nSPS) is 13.2. The van der Waals surface area contributed by atoms with Crippen molar-refractivity contribution in [1.82, 2.24) is 5.32 Å². The predicted molar refractivity (Wildman–Crippen MR) is 107 cm³/mol. The molecule has 26 heavy (non-hydrogen) atoms. The molecule has 5 nitrogen and oxygen atoms in total. The van der Waals surface area contributed by atoms with Crippen molar-refractivity contribution < 1.29 is 18.8 Å². The smallest absolute Gasteiger partial charge is 0.328 e. The van der Waals surface area contributed by atoms with Crippen LogP contribution >= 0.6 is 0 Å². The summed E-state index contributed by atoms with van der Waals surface area (Å²) < 4.78 is 11.0. The summed E-state index contributed by atoms with van der Waals surface area (Å²) >= 11 is 0. The fraction of sp³-hybridized carbons (Fsp3) is 0.600. The van der Waals surface area contributed by atoms with E-state index < -0.39 is 20.3 Å². The van der Waals surface area contributed by atoms with Gasteiger partial charge < -0.3 is 14.5 Å². The van der Waals surface area contributed by atoms with Crippen LogP contribution in [0.5, 0.6) is 0 Å². The minimum absolute atomic E-state index is 0.0934. The van der Waals surface area contributed by atoms with Crippen molar-refractivity contribution in [2.24, 2.45) is 0 Å². The molecule has 0 radical (unpaired) electrons. The first-order valence-electron chi connectivity index (χ1n) is 8.98. The van der Waals surface area contributed by atoms with Crippen molar-refractivity contribution in [1.29, 1.82) is 0 Å². The highest BCUT2D eigenvalue weighted by Crippen LogP contribution is 2.36. The standard InChI is InChI=1S/C20H33NO4Si/c1-14-11-15(2)13-16(12-14)18(22)21-17(19(23)24-6)9-10-25-26(7,8)20(3,4)5/h11-13,17H,9-10H2,1-8H3,(H,21,22)/t17-/m1/s1. The molecule has 0 unspecified atom stereocenters. The molecule has 0 aliphatic carbocycles. The fourth-order valence-corrected chi connectivity index (χ4v) is 3.45. The molecular weight excluding hydrogens is 346 g/mol. The van der Waals surface area contributed by atoms with Gasteiger partial charge in [-0.15, -0.1) is 0 Å². The number of rotatable bonds is 7. The van der Waals surface area contributed by atoms with Crippen LogP contribution in [0.3, 0.4) is 0 Å². The maximum Gasteiger partial charge on any atom is 0.328 e. The summed E-state index contributed by atoms with van der Waals surface area (Å²) in [5.41, 5.74) is 2.55. The molecule has 0 fully saturated rings. The quantitative estimate of drug-likeness (QED) is 0.575. The average molecular weight is 380 g/mol. The lowest BCUT2D eigenvalue weighted by Crippen LogP contribution is -2.45. The lowest BCUT2D eigenvalue weighted by molar-refractivity contribution is -0.143. The van der Waals surface area contributed by atoms with E-state index in [2.05, 4.69) is 39.2 Å². The summed E-state index contributed by atoms with van der Waals surface area (Å²) in [6.45, 7) is 15.1. The first-order valence-corrected chi connectivity index (χ1v) is 11.9. The summed E-state index contributed by atoms with van der Waals surface area (Å²) in [4.78, 5) is 24.6. The molecule has 1 aromatic carbocycles. The Kier molecular flexibility index (Phi) is 7.59.